The Morgan fingerprint density at radius 1 is 1.12 bits per heavy atom. The van der Waals surface area contributed by atoms with Gasteiger partial charge in [0.1, 0.15) is 0 Å². The fourth-order valence-electron chi connectivity index (χ4n) is 2.20. The predicted octanol–water partition coefficient (Wildman–Crippen LogP) is 4.52. The van der Waals surface area contributed by atoms with E-state index in [2.05, 4.69) is 50.4 Å². The molecule has 0 radical (unpaired) electrons. The molecule has 0 fully saturated rings. The molecule has 0 amide bonds. The number of hydrogen-bond acceptors (Lipinski definition) is 0. The lowest BCUT2D eigenvalue weighted by atomic mass is 9.93. The van der Waals surface area contributed by atoms with E-state index in [1.807, 2.05) is 12.2 Å². The Morgan fingerprint density at radius 2 is 1.81 bits per heavy atom. The van der Waals surface area contributed by atoms with Gasteiger partial charge in [0.15, 0.2) is 0 Å². The lowest BCUT2D eigenvalue weighted by Crippen LogP contribution is -1.92. The van der Waals surface area contributed by atoms with Crippen LogP contribution < -0.4 is 0 Å². The fraction of sp³-hybridized carbons (Fsp3) is 0.125. The first-order chi connectivity index (χ1) is 7.77. The van der Waals surface area contributed by atoms with Crippen molar-refractivity contribution in [3.05, 3.63) is 66.3 Å². The normalized spacial score (nSPS) is 10.3. The standard InChI is InChI=1S/C16H16/c1-4-8-15-13(5-2)11-12(3)14-9-6-7-10-16(14)15/h4-7,9-11H,1-2,8H2,3H3. The Kier molecular flexibility index (Phi) is 2.91. The molecule has 0 spiro atoms. The third kappa shape index (κ3) is 1.67. The maximum Gasteiger partial charge on any atom is -0.00880 e. The van der Waals surface area contributed by atoms with Gasteiger partial charge in [-0.2, -0.15) is 0 Å². The molecule has 0 bridgehead atoms. The van der Waals surface area contributed by atoms with Crippen LogP contribution in [0.4, 0.5) is 0 Å². The molecule has 0 aliphatic rings. The van der Waals surface area contributed by atoms with Crippen LogP contribution in [0.3, 0.4) is 0 Å². The molecule has 0 aliphatic heterocycles. The molecule has 0 saturated carbocycles. The van der Waals surface area contributed by atoms with E-state index >= 15 is 0 Å². The number of fused-ring (bicyclic) bond motifs is 1. The van der Waals surface area contributed by atoms with Gasteiger partial charge in [-0.15, -0.1) is 6.58 Å². The van der Waals surface area contributed by atoms with Gasteiger partial charge in [0.25, 0.3) is 0 Å². The summed E-state index contributed by atoms with van der Waals surface area (Å²) in [7, 11) is 0. The molecule has 0 unspecified atom stereocenters. The SMILES string of the molecule is C=CCc1c(C=C)cc(C)c2ccccc12. The highest BCUT2D eigenvalue weighted by Gasteiger charge is 2.06. The summed E-state index contributed by atoms with van der Waals surface area (Å²) in [5.41, 5.74) is 3.85. The summed E-state index contributed by atoms with van der Waals surface area (Å²) in [5.74, 6) is 0. The minimum Gasteiger partial charge on any atom is -0.103 e. The molecule has 0 atom stereocenters. The largest absolute Gasteiger partial charge is 0.103 e. The number of hydrogen-bond donors (Lipinski definition) is 0. The highest BCUT2D eigenvalue weighted by molar-refractivity contribution is 5.91. The Morgan fingerprint density at radius 3 is 2.44 bits per heavy atom. The summed E-state index contributed by atoms with van der Waals surface area (Å²) >= 11 is 0. The smallest absolute Gasteiger partial charge is 0.00880 e. The summed E-state index contributed by atoms with van der Waals surface area (Å²) in [4.78, 5) is 0. The highest BCUT2D eigenvalue weighted by Crippen LogP contribution is 2.27. The fourth-order valence-corrected chi connectivity index (χ4v) is 2.20. The van der Waals surface area contributed by atoms with Crippen molar-refractivity contribution in [2.75, 3.05) is 0 Å². The summed E-state index contributed by atoms with van der Waals surface area (Å²) in [6, 6.07) is 10.7. The average Bonchev–Trinajstić information content (AvgIpc) is 2.33. The van der Waals surface area contributed by atoms with Crippen molar-refractivity contribution in [1.29, 1.82) is 0 Å². The molecule has 0 nitrogen and oxygen atoms in total. The first-order valence-electron chi connectivity index (χ1n) is 5.52. The molecule has 0 saturated heterocycles. The zero-order valence-corrected chi connectivity index (χ0v) is 9.66. The molecular formula is C16H16. The molecule has 2 rings (SSSR count). The molecular weight excluding hydrogens is 192 g/mol. The minimum atomic E-state index is 0.891. The minimum absolute atomic E-state index is 0.891. The van der Waals surface area contributed by atoms with E-state index in [1.54, 1.807) is 0 Å². The molecule has 2 aromatic rings. The number of allylic oxidation sites excluding steroid dienone is 1. The summed E-state index contributed by atoms with van der Waals surface area (Å²) in [6.07, 6.45) is 4.77. The molecule has 0 aromatic heterocycles. The predicted molar refractivity (Wildman–Crippen MR) is 72.7 cm³/mol. The van der Waals surface area contributed by atoms with Crippen molar-refractivity contribution in [3.63, 3.8) is 0 Å². The molecule has 16 heavy (non-hydrogen) atoms. The van der Waals surface area contributed by atoms with Crippen molar-refractivity contribution in [1.82, 2.24) is 0 Å². The third-order valence-corrected chi connectivity index (χ3v) is 2.97. The Labute approximate surface area is 96.9 Å². The van der Waals surface area contributed by atoms with Crippen molar-refractivity contribution >= 4 is 16.8 Å². The van der Waals surface area contributed by atoms with Gasteiger partial charge in [-0.1, -0.05) is 49.1 Å². The average molecular weight is 208 g/mol. The number of rotatable bonds is 3. The van der Waals surface area contributed by atoms with Crippen molar-refractivity contribution in [3.8, 4) is 0 Å². The maximum atomic E-state index is 3.89. The van der Waals surface area contributed by atoms with Gasteiger partial charge in [-0.05, 0) is 40.8 Å². The van der Waals surface area contributed by atoms with Gasteiger partial charge in [-0.25, -0.2) is 0 Å². The van der Waals surface area contributed by atoms with E-state index in [9.17, 15) is 0 Å². The van der Waals surface area contributed by atoms with Crippen molar-refractivity contribution in [2.45, 2.75) is 13.3 Å². The van der Waals surface area contributed by atoms with Crippen LogP contribution in [0.2, 0.25) is 0 Å². The topological polar surface area (TPSA) is 0 Å². The highest BCUT2D eigenvalue weighted by atomic mass is 14.1. The van der Waals surface area contributed by atoms with Gasteiger partial charge in [0.05, 0.1) is 0 Å². The van der Waals surface area contributed by atoms with E-state index in [-0.39, 0.29) is 0 Å². The number of benzene rings is 2. The van der Waals surface area contributed by atoms with Gasteiger partial charge >= 0.3 is 0 Å². The molecule has 0 N–H and O–H groups in total. The second kappa shape index (κ2) is 4.36. The lowest BCUT2D eigenvalue weighted by Gasteiger charge is -2.11. The van der Waals surface area contributed by atoms with E-state index in [0.717, 1.165) is 6.42 Å². The van der Waals surface area contributed by atoms with Crippen LogP contribution in [0.15, 0.2) is 49.6 Å². The van der Waals surface area contributed by atoms with Crippen LogP contribution >= 0.6 is 0 Å². The van der Waals surface area contributed by atoms with Gasteiger partial charge < -0.3 is 0 Å². The van der Waals surface area contributed by atoms with Gasteiger partial charge in [0, 0.05) is 0 Å². The number of aryl methyl sites for hydroxylation is 1. The van der Waals surface area contributed by atoms with Crippen LogP contribution in [0.25, 0.3) is 16.8 Å². The van der Waals surface area contributed by atoms with Crippen LogP contribution in [0, 0.1) is 6.92 Å². The maximum absolute atomic E-state index is 3.89. The Balaban J connectivity index is 2.86. The quantitative estimate of drug-likeness (QED) is 0.650. The first-order valence-corrected chi connectivity index (χ1v) is 5.52. The summed E-state index contributed by atoms with van der Waals surface area (Å²) in [5, 5.41) is 2.64. The molecule has 80 valence electrons. The van der Waals surface area contributed by atoms with E-state index < -0.39 is 0 Å². The summed E-state index contributed by atoms with van der Waals surface area (Å²) < 4.78 is 0. The zero-order chi connectivity index (χ0) is 11.5. The van der Waals surface area contributed by atoms with Crippen molar-refractivity contribution < 1.29 is 0 Å². The second-order valence-electron chi connectivity index (χ2n) is 4.00. The Hall–Kier alpha value is -1.82. The third-order valence-electron chi connectivity index (χ3n) is 2.97. The molecule has 2 aromatic carbocycles. The lowest BCUT2D eigenvalue weighted by molar-refractivity contribution is 1.29. The van der Waals surface area contributed by atoms with E-state index in [4.69, 9.17) is 0 Å². The molecule has 0 heteroatoms. The van der Waals surface area contributed by atoms with Crippen molar-refractivity contribution in [2.24, 2.45) is 0 Å². The van der Waals surface area contributed by atoms with E-state index in [0.29, 0.717) is 0 Å². The van der Waals surface area contributed by atoms with Crippen LogP contribution in [-0.2, 0) is 6.42 Å². The molecule has 0 heterocycles. The van der Waals surface area contributed by atoms with Crippen LogP contribution in [-0.4, -0.2) is 0 Å². The zero-order valence-electron chi connectivity index (χ0n) is 9.66. The monoisotopic (exact) mass is 208 g/mol. The first kappa shape index (κ1) is 10.7. The molecule has 0 aliphatic carbocycles. The summed E-state index contributed by atoms with van der Waals surface area (Å²) in [6.45, 7) is 9.86. The van der Waals surface area contributed by atoms with Crippen LogP contribution in [0.5, 0.6) is 0 Å². The van der Waals surface area contributed by atoms with Gasteiger partial charge in [-0.3, -0.25) is 0 Å². The van der Waals surface area contributed by atoms with Gasteiger partial charge in [0.2, 0.25) is 0 Å². The van der Waals surface area contributed by atoms with Crippen LogP contribution in [0.1, 0.15) is 16.7 Å². The second-order valence-corrected chi connectivity index (χ2v) is 4.00. The van der Waals surface area contributed by atoms with E-state index in [1.165, 1.54) is 27.5 Å². The Bertz CT molecular complexity index is 547.